The van der Waals surface area contributed by atoms with Crippen LogP contribution in [-0.2, 0) is 6.54 Å². The van der Waals surface area contributed by atoms with Crippen molar-refractivity contribution in [3.8, 4) is 11.5 Å². The van der Waals surface area contributed by atoms with Crippen molar-refractivity contribution in [3.05, 3.63) is 34.3 Å². The van der Waals surface area contributed by atoms with Gasteiger partial charge in [-0.3, -0.25) is 0 Å². The molecule has 1 N–H and O–H groups in total. The summed E-state index contributed by atoms with van der Waals surface area (Å²) in [4.78, 5) is 0. The fraction of sp³-hybridized carbons (Fsp3) is 0.529. The van der Waals surface area contributed by atoms with E-state index in [1.165, 1.54) is 5.56 Å². The Bertz CT molecular complexity index is 460. The van der Waals surface area contributed by atoms with Gasteiger partial charge in [-0.1, -0.05) is 12.5 Å². The first-order valence-electron chi connectivity index (χ1n) is 7.51. The Labute approximate surface area is 136 Å². The van der Waals surface area contributed by atoms with Crippen molar-refractivity contribution >= 4 is 15.9 Å². The number of nitrogens with one attached hydrogen (secondary N) is 1. The highest BCUT2D eigenvalue weighted by molar-refractivity contribution is 9.10. The van der Waals surface area contributed by atoms with Gasteiger partial charge in [-0.2, -0.15) is 0 Å². The predicted molar refractivity (Wildman–Crippen MR) is 92.2 cm³/mol. The van der Waals surface area contributed by atoms with Gasteiger partial charge in [-0.25, -0.2) is 0 Å². The molecule has 0 unspecified atom stereocenters. The van der Waals surface area contributed by atoms with Gasteiger partial charge in [-0.15, -0.1) is 6.58 Å². The van der Waals surface area contributed by atoms with Crippen molar-refractivity contribution < 1.29 is 9.47 Å². The molecule has 0 saturated carbocycles. The van der Waals surface area contributed by atoms with Crippen molar-refractivity contribution in [2.45, 2.75) is 40.2 Å². The Hall–Kier alpha value is -1.00. The molecule has 21 heavy (non-hydrogen) atoms. The highest BCUT2D eigenvalue weighted by Crippen LogP contribution is 2.37. The zero-order valence-corrected chi connectivity index (χ0v) is 14.9. The molecule has 1 rings (SSSR count). The first kappa shape index (κ1) is 18.1. The second kappa shape index (κ2) is 9.85. The standard InChI is InChI=1S/C17H26BrNO2/c1-5-8-19-12-14-10-15(18)17(16(11-14)20-6-2)21-9-7-13(3)4/h10-11,19H,3,5-9,12H2,1-2,4H3. The molecule has 0 heterocycles. The molecule has 0 fully saturated rings. The van der Waals surface area contributed by atoms with E-state index in [-0.39, 0.29) is 0 Å². The van der Waals surface area contributed by atoms with Crippen molar-refractivity contribution in [3.63, 3.8) is 0 Å². The van der Waals surface area contributed by atoms with Crippen LogP contribution in [0.4, 0.5) is 0 Å². The summed E-state index contributed by atoms with van der Waals surface area (Å²) < 4.78 is 12.5. The summed E-state index contributed by atoms with van der Waals surface area (Å²) in [5, 5.41) is 3.40. The van der Waals surface area contributed by atoms with Crippen LogP contribution >= 0.6 is 15.9 Å². The van der Waals surface area contributed by atoms with E-state index in [1.54, 1.807) is 0 Å². The van der Waals surface area contributed by atoms with Crippen molar-refractivity contribution in [1.29, 1.82) is 0 Å². The number of hydrogen-bond donors (Lipinski definition) is 1. The van der Waals surface area contributed by atoms with E-state index < -0.39 is 0 Å². The largest absolute Gasteiger partial charge is 0.490 e. The number of halogens is 1. The minimum atomic E-state index is 0.613. The maximum atomic E-state index is 5.86. The molecule has 1 aromatic carbocycles. The first-order valence-corrected chi connectivity index (χ1v) is 8.30. The molecule has 0 amide bonds. The Morgan fingerprint density at radius 1 is 1.29 bits per heavy atom. The van der Waals surface area contributed by atoms with Crippen LogP contribution in [0, 0.1) is 0 Å². The van der Waals surface area contributed by atoms with Crippen molar-refractivity contribution in [2.24, 2.45) is 0 Å². The average Bonchev–Trinajstić information content (AvgIpc) is 2.42. The fourth-order valence-electron chi connectivity index (χ4n) is 1.86. The molecule has 0 aliphatic carbocycles. The fourth-order valence-corrected chi connectivity index (χ4v) is 2.47. The lowest BCUT2D eigenvalue weighted by Gasteiger charge is -2.16. The normalized spacial score (nSPS) is 10.5. The van der Waals surface area contributed by atoms with Gasteiger partial charge in [0.25, 0.3) is 0 Å². The minimum Gasteiger partial charge on any atom is -0.490 e. The van der Waals surface area contributed by atoms with E-state index in [0.29, 0.717) is 13.2 Å². The van der Waals surface area contributed by atoms with Gasteiger partial charge in [0, 0.05) is 13.0 Å². The third-order valence-corrected chi connectivity index (χ3v) is 3.49. The highest BCUT2D eigenvalue weighted by atomic mass is 79.9. The number of ether oxygens (including phenoxy) is 2. The summed E-state index contributed by atoms with van der Waals surface area (Å²) >= 11 is 3.59. The first-order chi connectivity index (χ1) is 10.1. The second-order valence-electron chi connectivity index (χ2n) is 5.07. The zero-order valence-electron chi connectivity index (χ0n) is 13.3. The Balaban J connectivity index is 2.82. The van der Waals surface area contributed by atoms with Crippen molar-refractivity contribution in [2.75, 3.05) is 19.8 Å². The van der Waals surface area contributed by atoms with E-state index in [9.17, 15) is 0 Å². The monoisotopic (exact) mass is 355 g/mol. The van der Waals surface area contributed by atoms with E-state index in [0.717, 1.165) is 47.5 Å². The van der Waals surface area contributed by atoms with E-state index in [4.69, 9.17) is 9.47 Å². The highest BCUT2D eigenvalue weighted by Gasteiger charge is 2.12. The molecule has 0 spiro atoms. The van der Waals surface area contributed by atoms with Gasteiger partial charge >= 0.3 is 0 Å². The molecule has 4 heteroatoms. The maximum absolute atomic E-state index is 5.86. The molecule has 3 nitrogen and oxygen atoms in total. The van der Waals surface area contributed by atoms with Crippen LogP contribution in [0.5, 0.6) is 11.5 Å². The van der Waals surface area contributed by atoms with E-state index in [2.05, 4.69) is 40.8 Å². The number of benzene rings is 1. The summed E-state index contributed by atoms with van der Waals surface area (Å²) in [7, 11) is 0. The molecule has 0 aromatic heterocycles. The third-order valence-electron chi connectivity index (χ3n) is 2.90. The van der Waals surface area contributed by atoms with Gasteiger partial charge in [0.1, 0.15) is 0 Å². The molecular formula is C17H26BrNO2. The lowest BCUT2D eigenvalue weighted by Crippen LogP contribution is -2.14. The average molecular weight is 356 g/mol. The lowest BCUT2D eigenvalue weighted by atomic mass is 10.2. The summed E-state index contributed by atoms with van der Waals surface area (Å²) in [6.45, 7) is 13.1. The van der Waals surface area contributed by atoms with Crippen LogP contribution in [0.3, 0.4) is 0 Å². The van der Waals surface area contributed by atoms with Gasteiger partial charge in [-0.05, 0) is 60.4 Å². The van der Waals surface area contributed by atoms with Crippen LogP contribution < -0.4 is 14.8 Å². The smallest absolute Gasteiger partial charge is 0.175 e. The quantitative estimate of drug-likeness (QED) is 0.487. The summed E-state index contributed by atoms with van der Waals surface area (Å²) in [6.07, 6.45) is 1.97. The summed E-state index contributed by atoms with van der Waals surface area (Å²) in [6, 6.07) is 4.13. The lowest BCUT2D eigenvalue weighted by molar-refractivity contribution is 0.277. The van der Waals surface area contributed by atoms with Gasteiger partial charge in [0.05, 0.1) is 17.7 Å². The molecule has 0 aliphatic rings. The molecule has 0 aliphatic heterocycles. The van der Waals surface area contributed by atoms with Crippen molar-refractivity contribution in [1.82, 2.24) is 5.32 Å². The zero-order chi connectivity index (χ0) is 15.7. The molecule has 118 valence electrons. The van der Waals surface area contributed by atoms with E-state index in [1.807, 2.05) is 19.9 Å². The number of hydrogen-bond acceptors (Lipinski definition) is 3. The van der Waals surface area contributed by atoms with Crippen LogP contribution in [-0.4, -0.2) is 19.8 Å². The molecular weight excluding hydrogens is 330 g/mol. The molecule has 0 radical (unpaired) electrons. The molecule has 0 bridgehead atoms. The van der Waals surface area contributed by atoms with E-state index >= 15 is 0 Å². The Morgan fingerprint density at radius 3 is 2.67 bits per heavy atom. The third kappa shape index (κ3) is 6.53. The molecule has 1 aromatic rings. The number of rotatable bonds is 10. The molecule has 0 saturated heterocycles. The van der Waals surface area contributed by atoms with Crippen LogP contribution in [0.15, 0.2) is 28.8 Å². The second-order valence-corrected chi connectivity index (χ2v) is 5.92. The predicted octanol–water partition coefficient (Wildman–Crippen LogP) is 4.69. The topological polar surface area (TPSA) is 30.5 Å². The minimum absolute atomic E-state index is 0.613. The Morgan fingerprint density at radius 2 is 2.05 bits per heavy atom. The Kier molecular flexibility index (Phi) is 8.47. The SMILES string of the molecule is C=C(C)CCOc1c(Br)cc(CNCCC)cc1OCC. The van der Waals surface area contributed by atoms with Gasteiger partial charge < -0.3 is 14.8 Å². The maximum Gasteiger partial charge on any atom is 0.175 e. The van der Waals surface area contributed by atoms with Gasteiger partial charge in [0.15, 0.2) is 11.5 Å². The van der Waals surface area contributed by atoms with Crippen LogP contribution in [0.2, 0.25) is 0 Å². The van der Waals surface area contributed by atoms with Crippen LogP contribution in [0.1, 0.15) is 39.2 Å². The summed E-state index contributed by atoms with van der Waals surface area (Å²) in [5.41, 5.74) is 2.30. The summed E-state index contributed by atoms with van der Waals surface area (Å²) in [5.74, 6) is 1.57. The molecule has 0 atom stereocenters. The van der Waals surface area contributed by atoms with Crippen LogP contribution in [0.25, 0.3) is 0 Å². The van der Waals surface area contributed by atoms with Gasteiger partial charge in [0.2, 0.25) is 0 Å².